The minimum Gasteiger partial charge on any atom is -0.193 e. The van der Waals surface area contributed by atoms with Gasteiger partial charge in [0.2, 0.25) is 0 Å². The molecule has 0 bridgehead atoms. The highest BCUT2D eigenvalue weighted by Gasteiger charge is 2.03. The van der Waals surface area contributed by atoms with E-state index in [1.807, 2.05) is 6.07 Å². The Morgan fingerprint density at radius 1 is 1.06 bits per heavy atom. The van der Waals surface area contributed by atoms with Crippen LogP contribution in [0.3, 0.4) is 0 Å². The molecule has 0 aromatic rings. The fourth-order valence-corrected chi connectivity index (χ4v) is 1.48. The lowest BCUT2D eigenvalue weighted by molar-refractivity contribution is 0.765. The van der Waals surface area contributed by atoms with Crippen LogP contribution in [0.4, 0.5) is 0 Å². The van der Waals surface area contributed by atoms with Crippen LogP contribution in [-0.4, -0.2) is 0 Å². The highest BCUT2D eigenvalue weighted by molar-refractivity contribution is 5.36. The Bertz CT molecular complexity index is 324. The van der Waals surface area contributed by atoms with Gasteiger partial charge in [0.25, 0.3) is 0 Å². The number of hydrogen-bond acceptors (Lipinski definition) is 2. The van der Waals surface area contributed by atoms with E-state index < -0.39 is 0 Å². The molecule has 0 atom stereocenters. The predicted octanol–water partition coefficient (Wildman–Crippen LogP) is 4.27. The Balaban J connectivity index is 4.76. The first-order valence-corrected chi connectivity index (χ1v) is 5.98. The van der Waals surface area contributed by atoms with E-state index in [1.54, 1.807) is 6.08 Å². The molecule has 0 heterocycles. The molecule has 0 saturated heterocycles. The van der Waals surface area contributed by atoms with E-state index in [9.17, 15) is 0 Å². The van der Waals surface area contributed by atoms with E-state index in [1.165, 1.54) is 6.08 Å². The third kappa shape index (κ3) is 6.04. The van der Waals surface area contributed by atoms with Crippen molar-refractivity contribution < 1.29 is 0 Å². The molecule has 0 N–H and O–H groups in total. The van der Waals surface area contributed by atoms with Crippen molar-refractivity contribution in [3.05, 3.63) is 23.3 Å². The summed E-state index contributed by atoms with van der Waals surface area (Å²) < 4.78 is 0. The maximum absolute atomic E-state index is 9.10. The molecule has 0 aliphatic carbocycles. The third-order valence-corrected chi connectivity index (χ3v) is 2.46. The second kappa shape index (κ2) is 9.99. The standard InChI is InChI=1S/C14H20N2/c1-3-5-8-13(10-7-11-15)14(12-16)9-6-4-2/h7,10H,3-6,8-9H2,1-2H3/b10-7-,14-13-. The summed E-state index contributed by atoms with van der Waals surface area (Å²) in [6.07, 6.45) is 9.31. The highest BCUT2D eigenvalue weighted by Crippen LogP contribution is 2.18. The summed E-state index contributed by atoms with van der Waals surface area (Å²) in [4.78, 5) is 0. The van der Waals surface area contributed by atoms with E-state index in [-0.39, 0.29) is 0 Å². The summed E-state index contributed by atoms with van der Waals surface area (Å²) in [6, 6.07) is 4.26. The zero-order chi connectivity index (χ0) is 12.2. The average Bonchev–Trinajstić information content (AvgIpc) is 2.32. The van der Waals surface area contributed by atoms with E-state index >= 15 is 0 Å². The van der Waals surface area contributed by atoms with Gasteiger partial charge in [-0.2, -0.15) is 10.5 Å². The van der Waals surface area contributed by atoms with Gasteiger partial charge < -0.3 is 0 Å². The topological polar surface area (TPSA) is 47.6 Å². The van der Waals surface area contributed by atoms with Crippen molar-refractivity contribution in [2.24, 2.45) is 0 Å². The van der Waals surface area contributed by atoms with Gasteiger partial charge in [0.15, 0.2) is 0 Å². The quantitative estimate of drug-likeness (QED) is 0.471. The zero-order valence-electron chi connectivity index (χ0n) is 10.3. The fourth-order valence-electron chi connectivity index (χ4n) is 1.48. The largest absolute Gasteiger partial charge is 0.193 e. The van der Waals surface area contributed by atoms with Crippen LogP contribution in [0.15, 0.2) is 23.3 Å². The van der Waals surface area contributed by atoms with Gasteiger partial charge in [0.05, 0.1) is 12.1 Å². The molecule has 2 heteroatoms. The molecule has 0 fully saturated rings. The Morgan fingerprint density at radius 3 is 2.19 bits per heavy atom. The Labute approximate surface area is 98.9 Å². The van der Waals surface area contributed by atoms with Crippen LogP contribution >= 0.6 is 0 Å². The number of hydrogen-bond donors (Lipinski definition) is 0. The highest BCUT2D eigenvalue weighted by atomic mass is 14.3. The molecule has 86 valence electrons. The molecule has 0 rings (SSSR count). The molecule has 0 aliphatic heterocycles. The molecular formula is C14H20N2. The minimum absolute atomic E-state index is 0.835. The van der Waals surface area contributed by atoms with Crippen molar-refractivity contribution in [3.63, 3.8) is 0 Å². The summed E-state index contributed by atoms with van der Waals surface area (Å²) in [7, 11) is 0. The molecule has 0 aromatic carbocycles. The number of nitriles is 2. The first kappa shape index (κ1) is 14.5. The molecule has 0 aromatic heterocycles. The first-order valence-electron chi connectivity index (χ1n) is 5.98. The van der Waals surface area contributed by atoms with Crippen molar-refractivity contribution in [1.29, 1.82) is 10.5 Å². The third-order valence-electron chi connectivity index (χ3n) is 2.46. The summed E-state index contributed by atoms with van der Waals surface area (Å²) in [5.74, 6) is 0. The van der Waals surface area contributed by atoms with Gasteiger partial charge in [-0.05, 0) is 37.3 Å². The van der Waals surface area contributed by atoms with Crippen molar-refractivity contribution in [2.45, 2.75) is 52.4 Å². The SMILES string of the molecule is CCCC/C(C#N)=C(/C=C\C#N)CCCC. The van der Waals surface area contributed by atoms with Gasteiger partial charge in [0.1, 0.15) is 0 Å². The van der Waals surface area contributed by atoms with Crippen LogP contribution in [0.5, 0.6) is 0 Å². The van der Waals surface area contributed by atoms with Gasteiger partial charge in [-0.1, -0.05) is 26.7 Å². The van der Waals surface area contributed by atoms with E-state index in [0.717, 1.165) is 49.7 Å². The van der Waals surface area contributed by atoms with E-state index in [2.05, 4.69) is 19.9 Å². The van der Waals surface area contributed by atoms with Crippen LogP contribution in [0.2, 0.25) is 0 Å². The monoisotopic (exact) mass is 216 g/mol. The molecule has 2 nitrogen and oxygen atoms in total. The Kier molecular flexibility index (Phi) is 9.03. The van der Waals surface area contributed by atoms with Crippen LogP contribution in [0.1, 0.15) is 52.4 Å². The van der Waals surface area contributed by atoms with Crippen molar-refractivity contribution in [2.75, 3.05) is 0 Å². The predicted molar refractivity (Wildman–Crippen MR) is 66.4 cm³/mol. The second-order valence-corrected chi connectivity index (χ2v) is 3.79. The molecule has 0 amide bonds. The summed E-state index contributed by atoms with van der Waals surface area (Å²) in [5, 5.41) is 17.6. The van der Waals surface area contributed by atoms with Crippen molar-refractivity contribution in [1.82, 2.24) is 0 Å². The summed E-state index contributed by atoms with van der Waals surface area (Å²) >= 11 is 0. The van der Waals surface area contributed by atoms with Crippen molar-refractivity contribution in [3.8, 4) is 12.1 Å². The maximum atomic E-state index is 9.10. The fraction of sp³-hybridized carbons (Fsp3) is 0.571. The van der Waals surface area contributed by atoms with Gasteiger partial charge >= 0.3 is 0 Å². The first-order chi connectivity index (χ1) is 7.79. The molecule has 0 unspecified atom stereocenters. The van der Waals surface area contributed by atoms with Crippen LogP contribution in [0, 0.1) is 22.7 Å². The summed E-state index contributed by atoms with van der Waals surface area (Å²) in [6.45, 7) is 4.25. The lowest BCUT2D eigenvalue weighted by Gasteiger charge is -2.05. The Morgan fingerprint density at radius 2 is 1.69 bits per heavy atom. The maximum Gasteiger partial charge on any atom is 0.0949 e. The number of nitrogens with zero attached hydrogens (tertiary/aromatic N) is 2. The molecule has 0 aliphatic rings. The van der Waals surface area contributed by atoms with Crippen molar-refractivity contribution >= 4 is 0 Å². The van der Waals surface area contributed by atoms with Crippen LogP contribution < -0.4 is 0 Å². The van der Waals surface area contributed by atoms with Gasteiger partial charge in [-0.25, -0.2) is 0 Å². The molecule has 0 saturated carbocycles. The lowest BCUT2D eigenvalue weighted by Crippen LogP contribution is -1.89. The summed E-state index contributed by atoms with van der Waals surface area (Å²) in [5.41, 5.74) is 1.89. The second-order valence-electron chi connectivity index (χ2n) is 3.79. The van der Waals surface area contributed by atoms with Gasteiger partial charge in [-0.15, -0.1) is 0 Å². The molecule has 16 heavy (non-hydrogen) atoms. The number of rotatable bonds is 7. The van der Waals surface area contributed by atoms with E-state index in [0.29, 0.717) is 0 Å². The van der Waals surface area contributed by atoms with Crippen LogP contribution in [-0.2, 0) is 0 Å². The smallest absolute Gasteiger partial charge is 0.0949 e. The zero-order valence-corrected chi connectivity index (χ0v) is 10.3. The van der Waals surface area contributed by atoms with Gasteiger partial charge in [0, 0.05) is 11.6 Å². The van der Waals surface area contributed by atoms with E-state index in [4.69, 9.17) is 10.5 Å². The number of allylic oxidation sites excluding steroid dienone is 4. The van der Waals surface area contributed by atoms with Crippen LogP contribution in [0.25, 0.3) is 0 Å². The molecule has 0 radical (unpaired) electrons. The molecular weight excluding hydrogens is 196 g/mol. The van der Waals surface area contributed by atoms with Gasteiger partial charge in [-0.3, -0.25) is 0 Å². The normalized spacial score (nSPS) is 12.0. The molecule has 0 spiro atoms. The minimum atomic E-state index is 0.835. The average molecular weight is 216 g/mol. The lowest BCUT2D eigenvalue weighted by atomic mass is 9.98. The Hall–Kier alpha value is -1.54. The number of unbranched alkanes of at least 4 members (excludes halogenated alkanes) is 2.